The average molecular weight is 256 g/mol. The van der Waals surface area contributed by atoms with Crippen LogP contribution >= 0.6 is 11.3 Å². The third-order valence-corrected chi connectivity index (χ3v) is 3.43. The van der Waals surface area contributed by atoms with Crippen LogP contribution in [0.5, 0.6) is 0 Å². The van der Waals surface area contributed by atoms with E-state index in [0.717, 1.165) is 43.4 Å². The van der Waals surface area contributed by atoms with E-state index in [0.29, 0.717) is 0 Å². The van der Waals surface area contributed by atoms with Crippen LogP contribution in [0.3, 0.4) is 0 Å². The van der Waals surface area contributed by atoms with E-state index in [2.05, 4.69) is 46.5 Å². The fourth-order valence-corrected chi connectivity index (χ4v) is 2.48. The van der Waals surface area contributed by atoms with E-state index in [-0.39, 0.29) is 0 Å². The van der Waals surface area contributed by atoms with E-state index in [4.69, 9.17) is 0 Å². The lowest BCUT2D eigenvalue weighted by Crippen LogP contribution is -2.32. The van der Waals surface area contributed by atoms with Crippen LogP contribution in [0.2, 0.25) is 0 Å². The molecule has 1 heterocycles. The van der Waals surface area contributed by atoms with Crippen molar-refractivity contribution in [3.63, 3.8) is 0 Å². The molecule has 0 saturated heterocycles. The Hall–Kier alpha value is -0.650. The Kier molecular flexibility index (Phi) is 6.47. The fraction of sp³-hybridized carbons (Fsp3) is 0.750. The monoisotopic (exact) mass is 256 g/mol. The lowest BCUT2D eigenvalue weighted by atomic mass is 10.4. The number of nitrogens with one attached hydrogen (secondary N) is 1. The summed E-state index contributed by atoms with van der Waals surface area (Å²) in [5, 5.41) is 6.43. The zero-order valence-corrected chi connectivity index (χ0v) is 12.2. The first-order valence-electron chi connectivity index (χ1n) is 6.16. The molecule has 1 aromatic rings. The Labute approximate surface area is 109 Å². The molecule has 17 heavy (non-hydrogen) atoms. The van der Waals surface area contributed by atoms with Crippen molar-refractivity contribution in [2.45, 2.75) is 19.9 Å². The first kappa shape index (κ1) is 14.4. The zero-order valence-electron chi connectivity index (χ0n) is 11.4. The maximum Gasteiger partial charge on any atom is 0.185 e. The standard InChI is InChI=1S/C12H24N4S/c1-5-6-16(8-7-15(3)4)12-14-11(9-13-2)10-17-12/h10,13H,5-9H2,1-4H3. The van der Waals surface area contributed by atoms with Crippen molar-refractivity contribution in [2.75, 3.05) is 45.7 Å². The van der Waals surface area contributed by atoms with Crippen molar-refractivity contribution >= 4 is 16.5 Å². The van der Waals surface area contributed by atoms with E-state index in [1.165, 1.54) is 0 Å². The van der Waals surface area contributed by atoms with Gasteiger partial charge in [-0.3, -0.25) is 0 Å². The Morgan fingerprint density at radius 3 is 2.65 bits per heavy atom. The van der Waals surface area contributed by atoms with Crippen molar-refractivity contribution in [2.24, 2.45) is 0 Å². The van der Waals surface area contributed by atoms with Crippen molar-refractivity contribution in [1.82, 2.24) is 15.2 Å². The molecule has 1 rings (SSSR count). The maximum atomic E-state index is 4.66. The van der Waals surface area contributed by atoms with E-state index < -0.39 is 0 Å². The summed E-state index contributed by atoms with van der Waals surface area (Å²) in [6, 6.07) is 0. The number of likely N-dealkylation sites (N-methyl/N-ethyl adjacent to an activating group) is 1. The predicted molar refractivity (Wildman–Crippen MR) is 75.9 cm³/mol. The molecular weight excluding hydrogens is 232 g/mol. The Balaban J connectivity index is 2.60. The van der Waals surface area contributed by atoms with Gasteiger partial charge >= 0.3 is 0 Å². The lowest BCUT2D eigenvalue weighted by Gasteiger charge is -2.23. The van der Waals surface area contributed by atoms with Gasteiger partial charge in [0.15, 0.2) is 5.13 Å². The summed E-state index contributed by atoms with van der Waals surface area (Å²) in [7, 11) is 6.17. The molecule has 4 nitrogen and oxygen atoms in total. The predicted octanol–water partition coefficient (Wildman–Crippen LogP) is 1.64. The molecule has 0 spiro atoms. The van der Waals surface area contributed by atoms with E-state index in [1.54, 1.807) is 11.3 Å². The molecule has 0 saturated carbocycles. The number of rotatable bonds is 8. The van der Waals surface area contributed by atoms with Gasteiger partial charge in [0.2, 0.25) is 0 Å². The average Bonchev–Trinajstić information content (AvgIpc) is 2.73. The quantitative estimate of drug-likeness (QED) is 0.766. The Bertz CT molecular complexity index is 311. The van der Waals surface area contributed by atoms with Crippen molar-refractivity contribution in [3.05, 3.63) is 11.1 Å². The van der Waals surface area contributed by atoms with Crippen LogP contribution in [0.1, 0.15) is 19.0 Å². The zero-order chi connectivity index (χ0) is 12.7. The Morgan fingerprint density at radius 2 is 2.06 bits per heavy atom. The molecular formula is C12H24N4S. The second-order valence-corrected chi connectivity index (χ2v) is 5.28. The second kappa shape index (κ2) is 7.63. The third kappa shape index (κ3) is 5.02. The summed E-state index contributed by atoms with van der Waals surface area (Å²) >= 11 is 1.75. The number of hydrogen-bond donors (Lipinski definition) is 1. The lowest BCUT2D eigenvalue weighted by molar-refractivity contribution is 0.413. The van der Waals surface area contributed by atoms with Crippen LogP contribution in [0.25, 0.3) is 0 Å². The number of thiazole rings is 1. The second-order valence-electron chi connectivity index (χ2n) is 4.44. The molecule has 0 unspecified atom stereocenters. The normalized spacial score (nSPS) is 11.1. The van der Waals surface area contributed by atoms with Crippen molar-refractivity contribution in [3.8, 4) is 0 Å². The fourth-order valence-electron chi connectivity index (χ4n) is 1.60. The van der Waals surface area contributed by atoms with Crippen LogP contribution < -0.4 is 10.2 Å². The highest BCUT2D eigenvalue weighted by molar-refractivity contribution is 7.13. The number of hydrogen-bond acceptors (Lipinski definition) is 5. The molecule has 0 aliphatic carbocycles. The minimum absolute atomic E-state index is 0.851. The molecule has 0 aliphatic rings. The van der Waals surface area contributed by atoms with Crippen LogP contribution in [0.4, 0.5) is 5.13 Å². The molecule has 0 atom stereocenters. The summed E-state index contributed by atoms with van der Waals surface area (Å²) in [5.41, 5.74) is 1.14. The van der Waals surface area contributed by atoms with Gasteiger partial charge in [-0.2, -0.15) is 0 Å². The third-order valence-electron chi connectivity index (χ3n) is 2.48. The Morgan fingerprint density at radius 1 is 1.29 bits per heavy atom. The van der Waals surface area contributed by atoms with E-state index in [9.17, 15) is 0 Å². The van der Waals surface area contributed by atoms with E-state index >= 15 is 0 Å². The molecule has 1 aromatic heterocycles. The molecule has 1 N–H and O–H groups in total. The van der Waals surface area contributed by atoms with Gasteiger partial charge in [-0.25, -0.2) is 4.98 Å². The summed E-state index contributed by atoms with van der Waals surface area (Å²) in [4.78, 5) is 9.25. The molecule has 98 valence electrons. The van der Waals surface area contributed by atoms with Crippen LogP contribution in [0.15, 0.2) is 5.38 Å². The largest absolute Gasteiger partial charge is 0.347 e. The molecule has 0 fully saturated rings. The molecule has 0 bridgehead atoms. The molecule has 0 aromatic carbocycles. The number of anilines is 1. The van der Waals surface area contributed by atoms with E-state index in [1.807, 2.05) is 7.05 Å². The summed E-state index contributed by atoms with van der Waals surface area (Å²) in [6.45, 7) is 6.27. The van der Waals surface area contributed by atoms with Crippen LogP contribution in [-0.2, 0) is 6.54 Å². The van der Waals surface area contributed by atoms with Gasteiger partial charge in [-0.05, 0) is 27.6 Å². The van der Waals surface area contributed by atoms with Crippen LogP contribution in [-0.4, -0.2) is 50.7 Å². The molecule has 5 heteroatoms. The minimum atomic E-state index is 0.851. The van der Waals surface area contributed by atoms with Crippen molar-refractivity contribution in [1.29, 1.82) is 0 Å². The molecule has 0 amide bonds. The van der Waals surface area contributed by atoms with Gasteiger partial charge in [0.25, 0.3) is 0 Å². The number of nitrogens with zero attached hydrogens (tertiary/aromatic N) is 3. The highest BCUT2D eigenvalue weighted by Crippen LogP contribution is 2.20. The van der Waals surface area contributed by atoms with Gasteiger partial charge in [-0.15, -0.1) is 11.3 Å². The first-order chi connectivity index (χ1) is 8.17. The summed E-state index contributed by atoms with van der Waals surface area (Å²) in [5.74, 6) is 0. The first-order valence-corrected chi connectivity index (χ1v) is 7.04. The van der Waals surface area contributed by atoms with Gasteiger partial charge in [0.05, 0.1) is 5.69 Å². The summed E-state index contributed by atoms with van der Waals surface area (Å²) in [6.07, 6.45) is 1.16. The van der Waals surface area contributed by atoms with Gasteiger partial charge in [-0.1, -0.05) is 6.92 Å². The van der Waals surface area contributed by atoms with Gasteiger partial charge < -0.3 is 15.1 Å². The topological polar surface area (TPSA) is 31.4 Å². The number of aromatic nitrogens is 1. The van der Waals surface area contributed by atoms with Crippen LogP contribution in [0, 0.1) is 0 Å². The maximum absolute atomic E-state index is 4.66. The SMILES string of the molecule is CCCN(CCN(C)C)c1nc(CNC)cs1. The summed E-state index contributed by atoms with van der Waals surface area (Å²) < 4.78 is 0. The molecule has 0 aliphatic heterocycles. The molecule has 0 radical (unpaired) electrons. The highest BCUT2D eigenvalue weighted by atomic mass is 32.1. The minimum Gasteiger partial charge on any atom is -0.347 e. The van der Waals surface area contributed by atoms with Crippen molar-refractivity contribution < 1.29 is 0 Å². The van der Waals surface area contributed by atoms with Gasteiger partial charge in [0.1, 0.15) is 0 Å². The highest BCUT2D eigenvalue weighted by Gasteiger charge is 2.10. The van der Waals surface area contributed by atoms with Gasteiger partial charge in [0, 0.05) is 31.6 Å². The smallest absolute Gasteiger partial charge is 0.185 e.